The fourth-order valence-electron chi connectivity index (χ4n) is 5.62. The highest BCUT2D eigenvalue weighted by atomic mass is 16.3. The van der Waals surface area contributed by atoms with E-state index in [4.69, 9.17) is 4.42 Å². The number of piperidine rings is 1. The van der Waals surface area contributed by atoms with Crippen LogP contribution in [0.3, 0.4) is 0 Å². The summed E-state index contributed by atoms with van der Waals surface area (Å²) in [5.41, 5.74) is 2.33. The van der Waals surface area contributed by atoms with Crippen molar-refractivity contribution >= 4 is 6.03 Å². The van der Waals surface area contributed by atoms with Crippen LogP contribution in [0, 0.1) is 0 Å². The molecule has 1 aliphatic carbocycles. The molecule has 1 aromatic carbocycles. The van der Waals surface area contributed by atoms with Crippen molar-refractivity contribution in [1.82, 2.24) is 15.1 Å². The zero-order valence-corrected chi connectivity index (χ0v) is 16.7. The Kier molecular flexibility index (Phi) is 4.84. The molecule has 0 saturated carbocycles. The summed E-state index contributed by atoms with van der Waals surface area (Å²) in [7, 11) is 0. The highest BCUT2D eigenvalue weighted by Crippen LogP contribution is 2.53. The summed E-state index contributed by atoms with van der Waals surface area (Å²) < 4.78 is 5.29. The minimum atomic E-state index is -0.411. The maximum absolute atomic E-state index is 12.6. The van der Waals surface area contributed by atoms with Crippen molar-refractivity contribution in [1.29, 1.82) is 0 Å². The highest BCUT2D eigenvalue weighted by Gasteiger charge is 2.54. The molecule has 3 aliphatic rings. The average molecular weight is 396 g/mol. The van der Waals surface area contributed by atoms with E-state index in [1.807, 2.05) is 17.0 Å². The normalized spacial score (nSPS) is 26.0. The second-order valence-corrected chi connectivity index (χ2v) is 8.60. The number of likely N-dealkylation sites (tertiary alicyclic amines) is 2. The largest absolute Gasteiger partial charge is 0.467 e. The van der Waals surface area contributed by atoms with Crippen molar-refractivity contribution in [2.75, 3.05) is 26.2 Å². The summed E-state index contributed by atoms with van der Waals surface area (Å²) in [6.07, 6.45) is 5.21. The Hall–Kier alpha value is -2.31. The first kappa shape index (κ1) is 18.7. The van der Waals surface area contributed by atoms with Gasteiger partial charge in [0.2, 0.25) is 0 Å². The van der Waals surface area contributed by atoms with Gasteiger partial charge in [0.25, 0.3) is 0 Å². The Labute approximate surface area is 171 Å². The summed E-state index contributed by atoms with van der Waals surface area (Å²) in [5, 5.41) is 14.5. The third kappa shape index (κ3) is 3.15. The number of nitrogens with zero attached hydrogens (tertiary/aromatic N) is 2. The molecule has 29 heavy (non-hydrogen) atoms. The minimum absolute atomic E-state index is 0.0619. The number of furan rings is 1. The standard InChI is InChI=1S/C23H29N3O3/c27-21-20(25-11-3-4-12-25)18-7-1-2-8-19(18)23(21)9-13-26(14-10-23)22(28)24-16-17-6-5-15-29-17/h1-2,5-8,15,20-21,27H,3-4,9-14,16H2,(H,24,28)/t20-,21+/m1/s1. The van der Waals surface area contributed by atoms with Crippen molar-refractivity contribution in [2.24, 2.45) is 0 Å². The molecule has 154 valence electrons. The van der Waals surface area contributed by atoms with Crippen LogP contribution in [-0.2, 0) is 12.0 Å². The molecule has 2 amide bonds. The topological polar surface area (TPSA) is 69.0 Å². The highest BCUT2D eigenvalue weighted by molar-refractivity contribution is 5.74. The lowest BCUT2D eigenvalue weighted by molar-refractivity contribution is -0.00479. The first-order valence-electron chi connectivity index (χ1n) is 10.8. The van der Waals surface area contributed by atoms with Gasteiger partial charge in [-0.25, -0.2) is 4.79 Å². The summed E-state index contributed by atoms with van der Waals surface area (Å²) in [6, 6.07) is 12.3. The zero-order chi connectivity index (χ0) is 19.8. The number of carbonyl (C=O) groups is 1. The second-order valence-electron chi connectivity index (χ2n) is 8.60. The van der Waals surface area contributed by atoms with Crippen LogP contribution in [0.25, 0.3) is 0 Å². The molecule has 0 radical (unpaired) electrons. The lowest BCUT2D eigenvalue weighted by Gasteiger charge is -2.43. The molecule has 0 unspecified atom stereocenters. The van der Waals surface area contributed by atoms with Gasteiger partial charge in [-0.15, -0.1) is 0 Å². The van der Waals surface area contributed by atoms with Crippen molar-refractivity contribution in [2.45, 2.75) is 49.8 Å². The number of fused-ring (bicyclic) bond motifs is 2. The van der Waals surface area contributed by atoms with Crippen LogP contribution >= 0.6 is 0 Å². The SMILES string of the molecule is O=C(NCc1ccco1)N1CCC2(CC1)c1ccccc1[C@@H](N1CCCC1)[C@@H]2O. The Balaban J connectivity index is 1.31. The van der Waals surface area contributed by atoms with Gasteiger partial charge in [0.15, 0.2) is 0 Å². The predicted molar refractivity (Wildman–Crippen MR) is 109 cm³/mol. The molecule has 6 nitrogen and oxygen atoms in total. The summed E-state index contributed by atoms with van der Waals surface area (Å²) in [4.78, 5) is 16.9. The second kappa shape index (κ2) is 7.50. The number of rotatable bonds is 3. The smallest absolute Gasteiger partial charge is 0.317 e. The van der Waals surface area contributed by atoms with Gasteiger partial charge in [0.1, 0.15) is 5.76 Å². The van der Waals surface area contributed by atoms with Crippen molar-refractivity contribution in [3.63, 3.8) is 0 Å². The molecule has 3 heterocycles. The van der Waals surface area contributed by atoms with Gasteiger partial charge in [-0.2, -0.15) is 0 Å². The summed E-state index contributed by atoms with van der Waals surface area (Å²) in [6.45, 7) is 3.83. The average Bonchev–Trinajstić information content (AvgIpc) is 3.50. The maximum atomic E-state index is 12.6. The number of carbonyl (C=O) groups excluding carboxylic acids is 1. The zero-order valence-electron chi connectivity index (χ0n) is 16.7. The molecule has 6 heteroatoms. The minimum Gasteiger partial charge on any atom is -0.467 e. The molecule has 2 aromatic rings. The van der Waals surface area contributed by atoms with E-state index in [1.54, 1.807) is 6.26 Å². The van der Waals surface area contributed by atoms with Crippen LogP contribution in [0.2, 0.25) is 0 Å². The van der Waals surface area contributed by atoms with E-state index >= 15 is 0 Å². The van der Waals surface area contributed by atoms with Gasteiger partial charge < -0.3 is 19.7 Å². The van der Waals surface area contributed by atoms with Gasteiger partial charge in [0, 0.05) is 18.5 Å². The lowest BCUT2D eigenvalue weighted by Crippen LogP contribution is -2.52. The molecule has 2 saturated heterocycles. The summed E-state index contributed by atoms with van der Waals surface area (Å²) >= 11 is 0. The molecule has 2 aliphatic heterocycles. The van der Waals surface area contributed by atoms with Crippen molar-refractivity contribution in [3.05, 3.63) is 59.5 Å². The lowest BCUT2D eigenvalue weighted by atomic mass is 9.72. The Bertz CT molecular complexity index is 852. The van der Waals surface area contributed by atoms with E-state index < -0.39 is 6.10 Å². The third-order valence-electron chi connectivity index (χ3n) is 7.15. The first-order chi connectivity index (χ1) is 14.2. The molecular weight excluding hydrogens is 366 g/mol. The molecule has 0 bridgehead atoms. The van der Waals surface area contributed by atoms with E-state index in [1.165, 1.54) is 24.0 Å². The Morgan fingerprint density at radius 3 is 2.59 bits per heavy atom. The van der Waals surface area contributed by atoms with Crippen molar-refractivity contribution < 1.29 is 14.3 Å². The van der Waals surface area contributed by atoms with E-state index in [9.17, 15) is 9.90 Å². The number of nitrogens with one attached hydrogen (secondary N) is 1. The Morgan fingerprint density at radius 1 is 1.10 bits per heavy atom. The molecule has 1 spiro atoms. The first-order valence-corrected chi connectivity index (χ1v) is 10.8. The van der Waals surface area contributed by atoms with Gasteiger partial charge in [-0.05, 0) is 62.0 Å². The predicted octanol–water partition coefficient (Wildman–Crippen LogP) is 3.03. The van der Waals surface area contributed by atoms with Gasteiger partial charge in [-0.3, -0.25) is 4.90 Å². The van der Waals surface area contributed by atoms with Crippen LogP contribution in [0.4, 0.5) is 4.79 Å². The fourth-order valence-corrected chi connectivity index (χ4v) is 5.62. The van der Waals surface area contributed by atoms with E-state index in [0.717, 1.165) is 31.7 Å². The van der Waals surface area contributed by atoms with Crippen LogP contribution in [0.1, 0.15) is 48.6 Å². The quantitative estimate of drug-likeness (QED) is 0.838. The van der Waals surface area contributed by atoms with Gasteiger partial charge >= 0.3 is 6.03 Å². The van der Waals surface area contributed by atoms with Crippen LogP contribution in [0.5, 0.6) is 0 Å². The van der Waals surface area contributed by atoms with Crippen LogP contribution in [0.15, 0.2) is 47.1 Å². The number of benzene rings is 1. The molecule has 2 atom stereocenters. The van der Waals surface area contributed by atoms with E-state index in [-0.39, 0.29) is 17.5 Å². The number of hydrogen-bond acceptors (Lipinski definition) is 4. The van der Waals surface area contributed by atoms with E-state index in [2.05, 4.69) is 34.5 Å². The number of amides is 2. The third-order valence-corrected chi connectivity index (χ3v) is 7.15. The molecule has 2 N–H and O–H groups in total. The van der Waals surface area contributed by atoms with Gasteiger partial charge in [0.05, 0.1) is 25.0 Å². The molecule has 2 fully saturated rings. The van der Waals surface area contributed by atoms with Crippen molar-refractivity contribution in [3.8, 4) is 0 Å². The monoisotopic (exact) mass is 395 g/mol. The van der Waals surface area contributed by atoms with Gasteiger partial charge in [-0.1, -0.05) is 24.3 Å². The molecule has 5 rings (SSSR count). The summed E-state index contributed by atoms with van der Waals surface area (Å²) in [5.74, 6) is 0.750. The number of urea groups is 1. The number of aliphatic hydroxyl groups is 1. The molecular formula is C23H29N3O3. The van der Waals surface area contributed by atoms with Crippen LogP contribution in [-0.4, -0.2) is 53.2 Å². The number of hydrogen-bond donors (Lipinski definition) is 2. The fraction of sp³-hybridized carbons (Fsp3) is 0.522. The van der Waals surface area contributed by atoms with Crippen LogP contribution < -0.4 is 5.32 Å². The molecule has 1 aromatic heterocycles. The number of aliphatic hydroxyl groups excluding tert-OH is 1. The maximum Gasteiger partial charge on any atom is 0.317 e. The van der Waals surface area contributed by atoms with E-state index in [0.29, 0.717) is 19.6 Å². The Morgan fingerprint density at radius 2 is 1.86 bits per heavy atom.